The zero-order valence-corrected chi connectivity index (χ0v) is 11.3. The van der Waals surface area contributed by atoms with Gasteiger partial charge in [-0.05, 0) is 18.4 Å². The van der Waals surface area contributed by atoms with Crippen molar-refractivity contribution in [3.8, 4) is 0 Å². The van der Waals surface area contributed by atoms with Gasteiger partial charge in [0.2, 0.25) is 5.91 Å². The lowest BCUT2D eigenvalue weighted by atomic mass is 10.2. The Morgan fingerprint density at radius 3 is 2.55 bits per heavy atom. The van der Waals surface area contributed by atoms with Crippen molar-refractivity contribution in [1.29, 1.82) is 0 Å². The maximum Gasteiger partial charge on any atom is 0.407 e. The maximum atomic E-state index is 11.4. The van der Waals surface area contributed by atoms with Crippen molar-refractivity contribution in [3.63, 3.8) is 0 Å². The average molecular weight is 280 g/mol. The standard InChI is InChI=1S/C14H20N2O4/c17-13(16-19)9-5-2-6-10-15-14(18)20-11-12-7-3-1-4-8-12/h1,3-4,7-8,19H,2,5-6,9-11H2,(H,15,18)(H,16,17). The van der Waals surface area contributed by atoms with Crippen LogP contribution in [0.5, 0.6) is 0 Å². The van der Waals surface area contributed by atoms with Crippen molar-refractivity contribution >= 4 is 12.0 Å². The van der Waals surface area contributed by atoms with Gasteiger partial charge in [0.25, 0.3) is 0 Å². The van der Waals surface area contributed by atoms with E-state index in [9.17, 15) is 9.59 Å². The van der Waals surface area contributed by atoms with Gasteiger partial charge in [-0.25, -0.2) is 10.3 Å². The fourth-order valence-corrected chi connectivity index (χ4v) is 1.61. The van der Waals surface area contributed by atoms with Gasteiger partial charge < -0.3 is 10.1 Å². The molecule has 3 N–H and O–H groups in total. The number of hydrogen-bond acceptors (Lipinski definition) is 4. The molecule has 0 fully saturated rings. The molecule has 110 valence electrons. The van der Waals surface area contributed by atoms with Gasteiger partial charge in [0, 0.05) is 13.0 Å². The molecule has 1 aromatic carbocycles. The van der Waals surface area contributed by atoms with Crippen LogP contribution >= 0.6 is 0 Å². The SMILES string of the molecule is O=C(CCCCCNC(=O)OCc1ccccc1)NO. The van der Waals surface area contributed by atoms with Crippen LogP contribution in [-0.4, -0.2) is 23.8 Å². The van der Waals surface area contributed by atoms with Gasteiger partial charge in [-0.3, -0.25) is 10.0 Å². The molecule has 0 spiro atoms. The maximum absolute atomic E-state index is 11.4. The summed E-state index contributed by atoms with van der Waals surface area (Å²) in [5, 5.41) is 10.9. The summed E-state index contributed by atoms with van der Waals surface area (Å²) >= 11 is 0. The molecule has 0 bridgehead atoms. The minimum absolute atomic E-state index is 0.253. The summed E-state index contributed by atoms with van der Waals surface area (Å²) in [4.78, 5) is 22.1. The lowest BCUT2D eigenvalue weighted by Gasteiger charge is -2.07. The predicted molar refractivity (Wildman–Crippen MR) is 73.0 cm³/mol. The predicted octanol–water partition coefficient (Wildman–Crippen LogP) is 1.98. The van der Waals surface area contributed by atoms with Gasteiger partial charge in [0.05, 0.1) is 0 Å². The first kappa shape index (κ1) is 16.0. The summed E-state index contributed by atoms with van der Waals surface area (Å²) in [6.07, 6.45) is 2.08. The van der Waals surface area contributed by atoms with Gasteiger partial charge >= 0.3 is 6.09 Å². The number of hydroxylamine groups is 1. The van der Waals surface area contributed by atoms with Crippen molar-refractivity contribution in [1.82, 2.24) is 10.8 Å². The molecule has 0 radical (unpaired) electrons. The summed E-state index contributed by atoms with van der Waals surface area (Å²) in [7, 11) is 0. The highest BCUT2D eigenvalue weighted by molar-refractivity contribution is 5.74. The molecule has 1 rings (SSSR count). The highest BCUT2D eigenvalue weighted by Crippen LogP contribution is 2.01. The van der Waals surface area contributed by atoms with Crippen molar-refractivity contribution in [3.05, 3.63) is 35.9 Å². The molecule has 0 aliphatic rings. The number of alkyl carbamates (subject to hydrolysis) is 1. The summed E-state index contributed by atoms with van der Waals surface area (Å²) in [5.74, 6) is -0.389. The van der Waals surface area contributed by atoms with Crippen molar-refractivity contribution in [2.24, 2.45) is 0 Å². The van der Waals surface area contributed by atoms with Crippen LogP contribution in [-0.2, 0) is 16.1 Å². The number of ether oxygens (including phenoxy) is 1. The summed E-state index contributed by atoms with van der Waals surface area (Å²) in [6, 6.07) is 9.46. The molecule has 20 heavy (non-hydrogen) atoms. The van der Waals surface area contributed by atoms with Crippen LogP contribution in [0.2, 0.25) is 0 Å². The van der Waals surface area contributed by atoms with Crippen LogP contribution in [0, 0.1) is 0 Å². The first-order valence-electron chi connectivity index (χ1n) is 6.60. The first-order chi connectivity index (χ1) is 9.72. The quantitative estimate of drug-likeness (QED) is 0.386. The topological polar surface area (TPSA) is 87.7 Å². The normalized spacial score (nSPS) is 9.85. The Kier molecular flexibility index (Phi) is 7.83. The Morgan fingerprint density at radius 2 is 1.85 bits per heavy atom. The number of amides is 2. The Balaban J connectivity index is 1.99. The molecule has 2 amide bonds. The number of nitrogens with one attached hydrogen (secondary N) is 2. The number of rotatable bonds is 8. The van der Waals surface area contributed by atoms with Crippen LogP contribution in [0.15, 0.2) is 30.3 Å². The first-order valence-corrected chi connectivity index (χ1v) is 6.60. The van der Waals surface area contributed by atoms with Crippen LogP contribution in [0.1, 0.15) is 31.2 Å². The summed E-state index contributed by atoms with van der Waals surface area (Å²) in [6.45, 7) is 0.762. The van der Waals surface area contributed by atoms with Gasteiger partial charge in [-0.2, -0.15) is 0 Å². The zero-order chi connectivity index (χ0) is 14.6. The van der Waals surface area contributed by atoms with Gasteiger partial charge in [0.1, 0.15) is 6.61 Å². The van der Waals surface area contributed by atoms with Crippen LogP contribution < -0.4 is 10.8 Å². The molecule has 0 unspecified atom stereocenters. The molecular weight excluding hydrogens is 260 g/mol. The Labute approximate surface area is 118 Å². The van der Waals surface area contributed by atoms with E-state index >= 15 is 0 Å². The summed E-state index contributed by atoms with van der Waals surface area (Å²) in [5.41, 5.74) is 2.52. The van der Waals surface area contributed by atoms with Crippen LogP contribution in [0.4, 0.5) is 4.79 Å². The molecule has 1 aromatic rings. The van der Waals surface area contributed by atoms with Crippen molar-refractivity contribution < 1.29 is 19.5 Å². The number of carbonyl (C=O) groups is 2. The number of unbranched alkanes of at least 4 members (excludes halogenated alkanes) is 2. The fourth-order valence-electron chi connectivity index (χ4n) is 1.61. The van der Waals surface area contributed by atoms with E-state index in [1.807, 2.05) is 30.3 Å². The fraction of sp³-hybridized carbons (Fsp3) is 0.429. The van der Waals surface area contributed by atoms with E-state index in [0.717, 1.165) is 18.4 Å². The molecule has 0 aromatic heterocycles. The Hall–Kier alpha value is -2.08. The van der Waals surface area contributed by atoms with E-state index in [4.69, 9.17) is 9.94 Å². The Bertz CT molecular complexity index is 409. The second-order valence-electron chi connectivity index (χ2n) is 4.33. The smallest absolute Gasteiger partial charge is 0.407 e. The van der Waals surface area contributed by atoms with Gasteiger partial charge in [-0.15, -0.1) is 0 Å². The molecule has 0 aliphatic heterocycles. The lowest BCUT2D eigenvalue weighted by molar-refractivity contribution is -0.129. The van der Waals surface area contributed by atoms with E-state index in [1.165, 1.54) is 0 Å². The molecule has 6 nitrogen and oxygen atoms in total. The molecule has 0 atom stereocenters. The second-order valence-corrected chi connectivity index (χ2v) is 4.33. The van der Waals surface area contributed by atoms with E-state index < -0.39 is 6.09 Å². The minimum Gasteiger partial charge on any atom is -0.445 e. The lowest BCUT2D eigenvalue weighted by Crippen LogP contribution is -2.25. The van der Waals surface area contributed by atoms with Gasteiger partial charge in [0.15, 0.2) is 0 Å². The average Bonchev–Trinajstić information content (AvgIpc) is 2.49. The summed E-state index contributed by atoms with van der Waals surface area (Å²) < 4.78 is 5.04. The van der Waals surface area contributed by atoms with E-state index in [2.05, 4.69) is 5.32 Å². The molecular formula is C14H20N2O4. The molecule has 0 heterocycles. The zero-order valence-electron chi connectivity index (χ0n) is 11.3. The van der Waals surface area contributed by atoms with Crippen LogP contribution in [0.3, 0.4) is 0 Å². The molecule has 0 aliphatic carbocycles. The highest BCUT2D eigenvalue weighted by atomic mass is 16.5. The molecule has 0 saturated carbocycles. The third kappa shape index (κ3) is 7.38. The largest absolute Gasteiger partial charge is 0.445 e. The van der Waals surface area contributed by atoms with Gasteiger partial charge in [-0.1, -0.05) is 36.8 Å². The minimum atomic E-state index is -0.443. The number of hydrogen-bond donors (Lipinski definition) is 3. The third-order valence-corrected chi connectivity index (χ3v) is 2.69. The number of carbonyl (C=O) groups excluding carboxylic acids is 2. The van der Waals surface area contributed by atoms with Crippen LogP contribution in [0.25, 0.3) is 0 Å². The molecule has 6 heteroatoms. The highest BCUT2D eigenvalue weighted by Gasteiger charge is 2.02. The van der Waals surface area contributed by atoms with Crippen molar-refractivity contribution in [2.45, 2.75) is 32.3 Å². The van der Waals surface area contributed by atoms with Crippen molar-refractivity contribution in [2.75, 3.05) is 6.54 Å². The Morgan fingerprint density at radius 1 is 1.10 bits per heavy atom. The van der Waals surface area contributed by atoms with E-state index in [-0.39, 0.29) is 18.9 Å². The monoisotopic (exact) mass is 280 g/mol. The third-order valence-electron chi connectivity index (χ3n) is 2.69. The number of benzene rings is 1. The molecule has 0 saturated heterocycles. The van der Waals surface area contributed by atoms with E-state index in [0.29, 0.717) is 13.0 Å². The second kappa shape index (κ2) is 9.80. The van der Waals surface area contributed by atoms with E-state index in [1.54, 1.807) is 5.48 Å².